The summed E-state index contributed by atoms with van der Waals surface area (Å²) in [6.45, 7) is 27.2. The van der Waals surface area contributed by atoms with Crippen LogP contribution in [0.25, 0.3) is 0 Å². The number of aliphatic hydroxyl groups is 1. The number of likely N-dealkylation sites (N-methyl/N-ethyl adjacent to an activating group) is 7. The number of hydrogen-bond acceptors (Lipinski definition) is 14. The zero-order valence-electron chi connectivity index (χ0n) is 63.1. The molecule has 0 saturated carbocycles. The molecule has 26 heteroatoms. The third-order valence-electron chi connectivity index (χ3n) is 18.2. The fraction of sp³-hybridized carbons (Fsp3) is 0.671. The molecule has 13 atom stereocenters. The Morgan fingerprint density at radius 2 is 0.838 bits per heavy atom. The average Bonchev–Trinajstić information content (AvgIpc) is 0.858. The SMILES string of the molecule is CC[C@H](C)[C@H]1C(=O)N[C@@H](CC(C)C)C(=O)N(C)[C@@H](CC(C)C)C(=O)N[C@@H](COC(C)(C)C)C(=O)N(C)[C@@H](CC(C)C)C(=O)N[C@@H](C)C(=O)N(C)C(=O)N[C@@H](Cc2ccccc2)C(=O)N(C)C(Cc2ccccc2)C(=O)N(C)[C@@H](CC(C)C)C(=O)N[C@@H](C(C)O)C(=O)N(C)[C@@H](C)C(=O)N1C. The van der Waals surface area contributed by atoms with E-state index in [1.54, 1.807) is 88.4 Å². The Balaban J connectivity index is 2.40. The van der Waals surface area contributed by atoms with Gasteiger partial charge in [0.2, 0.25) is 59.1 Å². The van der Waals surface area contributed by atoms with Crippen molar-refractivity contribution in [1.29, 1.82) is 0 Å². The maximum atomic E-state index is 15.4. The maximum absolute atomic E-state index is 15.4. The fourth-order valence-electron chi connectivity index (χ4n) is 11.9. The topological polar surface area (TPSA) is 317 Å². The Kier molecular flexibility index (Phi) is 33.2. The maximum Gasteiger partial charge on any atom is 0.324 e. The number of imide groups is 1. The summed E-state index contributed by atoms with van der Waals surface area (Å²) in [6, 6.07) is 1.44. The van der Waals surface area contributed by atoms with Crippen molar-refractivity contribution in [2.45, 2.75) is 234 Å². The molecule has 1 heterocycles. The van der Waals surface area contributed by atoms with Gasteiger partial charge in [0.1, 0.15) is 66.5 Å². The number of urea groups is 1. The minimum absolute atomic E-state index is 0.0273. The molecule has 2 aromatic carbocycles. The third kappa shape index (κ3) is 24.7. The van der Waals surface area contributed by atoms with Gasteiger partial charge in [-0.05, 0) is 108 Å². The number of amides is 13. The summed E-state index contributed by atoms with van der Waals surface area (Å²) in [7, 11) is 9.47. The van der Waals surface area contributed by atoms with Gasteiger partial charge in [0.25, 0.3) is 5.91 Å². The molecule has 26 nitrogen and oxygen atoms in total. The molecule has 0 spiro atoms. The van der Waals surface area contributed by atoms with Crippen LogP contribution in [0.1, 0.15) is 154 Å². The first kappa shape index (κ1) is 85.2. The van der Waals surface area contributed by atoms with E-state index in [0.29, 0.717) is 22.4 Å². The number of carbonyl (C=O) groups is 12. The highest BCUT2D eigenvalue weighted by atomic mass is 16.5. The molecule has 2 unspecified atom stereocenters. The summed E-state index contributed by atoms with van der Waals surface area (Å²) in [6.07, 6.45) is -1.13. The Morgan fingerprint density at radius 3 is 1.28 bits per heavy atom. The fourth-order valence-corrected chi connectivity index (χ4v) is 11.9. The lowest BCUT2D eigenvalue weighted by atomic mass is 9.94. The normalized spacial score (nSPS) is 25.6. The highest BCUT2D eigenvalue weighted by molar-refractivity contribution is 6.02. The molecule has 13 amide bonds. The van der Waals surface area contributed by atoms with Crippen molar-refractivity contribution >= 4 is 71.0 Å². The Bertz CT molecular complexity index is 3070. The van der Waals surface area contributed by atoms with Crippen LogP contribution < -0.4 is 26.6 Å². The van der Waals surface area contributed by atoms with Crippen LogP contribution in [0, 0.1) is 29.6 Å². The molecule has 3 rings (SSSR count). The second-order valence-corrected chi connectivity index (χ2v) is 29.6. The quantitative estimate of drug-likeness (QED) is 0.128. The largest absolute Gasteiger partial charge is 0.391 e. The van der Waals surface area contributed by atoms with Crippen LogP contribution in [0.4, 0.5) is 4.79 Å². The lowest BCUT2D eigenvalue weighted by molar-refractivity contribution is -0.152. The Labute approximate surface area is 588 Å². The van der Waals surface area contributed by atoms with Crippen LogP contribution in [-0.2, 0) is 70.3 Å². The predicted molar refractivity (Wildman–Crippen MR) is 378 cm³/mol. The second kappa shape index (κ2) is 38.5. The number of benzene rings is 2. The summed E-state index contributed by atoms with van der Waals surface area (Å²) in [5.74, 6) is -9.87. The van der Waals surface area contributed by atoms with E-state index in [2.05, 4.69) is 26.6 Å². The molecule has 0 aliphatic carbocycles. The minimum Gasteiger partial charge on any atom is -0.391 e. The molecule has 2 aromatic rings. The molecule has 0 aromatic heterocycles. The van der Waals surface area contributed by atoms with E-state index in [0.717, 1.165) is 9.80 Å². The summed E-state index contributed by atoms with van der Waals surface area (Å²) < 4.78 is 6.15. The summed E-state index contributed by atoms with van der Waals surface area (Å²) in [4.78, 5) is 186. The smallest absolute Gasteiger partial charge is 0.324 e. The van der Waals surface area contributed by atoms with Crippen molar-refractivity contribution in [2.75, 3.05) is 55.9 Å². The number of ether oxygens (including phenoxy) is 1. The number of nitrogens with zero attached hydrogens (tertiary/aromatic N) is 7. The van der Waals surface area contributed by atoms with Gasteiger partial charge < -0.3 is 65.8 Å². The van der Waals surface area contributed by atoms with Gasteiger partial charge in [-0.25, -0.2) is 4.79 Å². The van der Waals surface area contributed by atoms with Crippen LogP contribution >= 0.6 is 0 Å². The van der Waals surface area contributed by atoms with Gasteiger partial charge in [-0.1, -0.05) is 136 Å². The van der Waals surface area contributed by atoms with Gasteiger partial charge in [-0.15, -0.1) is 0 Å². The molecule has 0 radical (unpaired) electrons. The standard InChI is InChI=1S/C73H118N12O14/c1-24-46(10)60-64(90)75-52(35-42(2)3)67(93)80(18)56(37-44(6)7)62(88)76-54(41-99-73(14,15)16)69(95)81(19)55(36-43(4)5)61(87)74-47(11)65(91)85(23)72(98)77-53(39-50-31-27-25-28-32-50)68(94)83(21)58(40-51-33-29-26-30-34-51)70(96)82(20)57(38-45(8)9)63(89)78-59(49(13)86)71(97)79(17)48(12)66(92)84(60)22/h25-34,42-49,52-60,86H,24,35-41H2,1-23H3,(H,74,87)(H,75,90)(H,76,88)(H,77,98)(H,78,89)/t46-,47-,48-,49?,52-,53-,54-,55-,56-,57-,58?,59-,60-/m0/s1. The van der Waals surface area contributed by atoms with Crippen molar-refractivity contribution in [2.24, 2.45) is 29.6 Å². The van der Waals surface area contributed by atoms with E-state index >= 15 is 19.2 Å². The number of hydrogen-bond donors (Lipinski definition) is 6. The van der Waals surface area contributed by atoms with Gasteiger partial charge in [0.05, 0.1) is 18.3 Å². The van der Waals surface area contributed by atoms with Gasteiger partial charge >= 0.3 is 6.03 Å². The predicted octanol–water partition coefficient (Wildman–Crippen LogP) is 4.39. The molecular formula is C73H118N12O14. The van der Waals surface area contributed by atoms with Crippen LogP contribution in [0.15, 0.2) is 60.7 Å². The Morgan fingerprint density at radius 1 is 0.434 bits per heavy atom. The van der Waals surface area contributed by atoms with Crippen LogP contribution in [0.5, 0.6) is 0 Å². The van der Waals surface area contributed by atoms with E-state index in [-0.39, 0.29) is 68.8 Å². The van der Waals surface area contributed by atoms with E-state index in [4.69, 9.17) is 4.74 Å². The number of carbonyl (C=O) groups excluding carboxylic acids is 12. The minimum atomic E-state index is -1.69. The van der Waals surface area contributed by atoms with Crippen molar-refractivity contribution in [1.82, 2.24) is 60.9 Å². The number of aliphatic hydroxyl groups excluding tert-OH is 1. The lowest BCUT2D eigenvalue weighted by Gasteiger charge is -2.38. The van der Waals surface area contributed by atoms with Crippen molar-refractivity contribution in [3.8, 4) is 0 Å². The van der Waals surface area contributed by atoms with Gasteiger partial charge in [0, 0.05) is 62.2 Å². The highest BCUT2D eigenvalue weighted by Crippen LogP contribution is 2.24. The molecule has 6 N–H and O–H groups in total. The highest BCUT2D eigenvalue weighted by Gasteiger charge is 2.44. The molecule has 1 fully saturated rings. The summed E-state index contributed by atoms with van der Waals surface area (Å²) in [5, 5.41) is 25.1. The molecule has 99 heavy (non-hydrogen) atoms. The van der Waals surface area contributed by atoms with Crippen molar-refractivity contribution < 1.29 is 67.4 Å². The zero-order chi connectivity index (χ0) is 75.4. The number of rotatable bonds is 17. The van der Waals surface area contributed by atoms with Crippen LogP contribution in [0.2, 0.25) is 0 Å². The first-order chi connectivity index (χ1) is 46.0. The van der Waals surface area contributed by atoms with Gasteiger partial charge in [-0.2, -0.15) is 0 Å². The summed E-state index contributed by atoms with van der Waals surface area (Å²) in [5.41, 5.74) is 0.373. The molecular weight excluding hydrogens is 1270 g/mol. The molecule has 554 valence electrons. The number of nitrogens with one attached hydrogen (secondary N) is 5. The van der Waals surface area contributed by atoms with Crippen LogP contribution in [0.3, 0.4) is 0 Å². The summed E-state index contributed by atoms with van der Waals surface area (Å²) >= 11 is 0. The van der Waals surface area contributed by atoms with E-state index in [9.17, 15) is 43.5 Å². The molecule has 1 aliphatic rings. The second-order valence-electron chi connectivity index (χ2n) is 29.6. The monoisotopic (exact) mass is 1390 g/mol. The zero-order valence-corrected chi connectivity index (χ0v) is 63.1. The van der Waals surface area contributed by atoms with Gasteiger partial charge in [0.15, 0.2) is 0 Å². The van der Waals surface area contributed by atoms with E-state index in [1.165, 1.54) is 89.7 Å². The first-order valence-corrected chi connectivity index (χ1v) is 34.8. The molecule has 1 saturated heterocycles. The van der Waals surface area contributed by atoms with Crippen molar-refractivity contribution in [3.63, 3.8) is 0 Å². The van der Waals surface area contributed by atoms with Crippen LogP contribution in [-0.4, -0.2) is 245 Å². The Hall–Kier alpha value is -8.00. The average molecular weight is 1390 g/mol. The van der Waals surface area contributed by atoms with E-state index in [1.807, 2.05) is 62.3 Å². The van der Waals surface area contributed by atoms with Gasteiger partial charge in [-0.3, -0.25) is 57.6 Å². The third-order valence-corrected chi connectivity index (χ3v) is 18.2. The van der Waals surface area contributed by atoms with Crippen molar-refractivity contribution in [3.05, 3.63) is 71.8 Å². The first-order valence-electron chi connectivity index (χ1n) is 34.8. The van der Waals surface area contributed by atoms with E-state index < -0.39 is 155 Å². The molecule has 1 aliphatic heterocycles. The molecule has 0 bridgehead atoms. The lowest BCUT2D eigenvalue weighted by Crippen LogP contribution is -2.63.